The molecule has 0 saturated carbocycles. The van der Waals surface area contributed by atoms with E-state index in [0.29, 0.717) is 10.0 Å². The van der Waals surface area contributed by atoms with Crippen molar-refractivity contribution in [3.8, 4) is 0 Å². The first-order valence-corrected chi connectivity index (χ1v) is 6.84. The van der Waals surface area contributed by atoms with Crippen LogP contribution in [0.15, 0.2) is 30.5 Å². The van der Waals surface area contributed by atoms with Gasteiger partial charge >= 0.3 is 0 Å². The second kappa shape index (κ2) is 5.91. The van der Waals surface area contributed by atoms with Gasteiger partial charge in [-0.2, -0.15) is 0 Å². The molecule has 1 aromatic heterocycles. The quantitative estimate of drug-likeness (QED) is 0.912. The summed E-state index contributed by atoms with van der Waals surface area (Å²) in [6, 6.07) is 8.05. The van der Waals surface area contributed by atoms with E-state index in [2.05, 4.69) is 42.3 Å². The molecule has 0 amide bonds. The molecule has 2 rings (SSSR count). The third-order valence-corrected chi connectivity index (χ3v) is 3.65. The lowest BCUT2D eigenvalue weighted by molar-refractivity contribution is 0.667. The van der Waals surface area contributed by atoms with Gasteiger partial charge in [-0.15, -0.1) is 0 Å². The van der Waals surface area contributed by atoms with Crippen molar-refractivity contribution in [1.29, 1.82) is 0 Å². The summed E-state index contributed by atoms with van der Waals surface area (Å²) in [5, 5.41) is 4.40. The van der Waals surface area contributed by atoms with Gasteiger partial charge in [0, 0.05) is 6.20 Å². The largest absolute Gasteiger partial charge is 0.308 e. The van der Waals surface area contributed by atoms with Gasteiger partial charge in [-0.05, 0) is 38.1 Å². The van der Waals surface area contributed by atoms with Crippen LogP contribution >= 0.6 is 23.2 Å². The Morgan fingerprint density at radius 3 is 2.53 bits per heavy atom. The number of pyridine rings is 1. The zero-order valence-corrected chi connectivity index (χ0v) is 12.7. The van der Waals surface area contributed by atoms with Gasteiger partial charge in [0.15, 0.2) is 0 Å². The lowest BCUT2D eigenvalue weighted by Gasteiger charge is -2.20. The van der Waals surface area contributed by atoms with E-state index in [4.69, 9.17) is 23.2 Å². The summed E-state index contributed by atoms with van der Waals surface area (Å²) >= 11 is 12.2. The summed E-state index contributed by atoms with van der Waals surface area (Å²) in [6.07, 6.45) is 1.62. The highest BCUT2D eigenvalue weighted by molar-refractivity contribution is 6.34. The van der Waals surface area contributed by atoms with Gasteiger partial charge in [0.2, 0.25) is 0 Å². The number of rotatable bonds is 3. The molecule has 0 radical (unpaired) electrons. The van der Waals surface area contributed by atoms with Crippen LogP contribution in [0.2, 0.25) is 10.0 Å². The van der Waals surface area contributed by atoms with E-state index in [-0.39, 0.29) is 6.04 Å². The molecule has 2 aromatic rings. The summed E-state index contributed by atoms with van der Waals surface area (Å²) < 4.78 is 0. The fourth-order valence-electron chi connectivity index (χ4n) is 2.15. The highest BCUT2D eigenvalue weighted by Gasteiger charge is 2.18. The predicted octanol–water partition coefficient (Wildman–Crippen LogP) is 4.31. The number of aromatic nitrogens is 1. The van der Waals surface area contributed by atoms with Crippen LogP contribution in [-0.4, -0.2) is 12.0 Å². The van der Waals surface area contributed by atoms with Crippen LogP contribution in [-0.2, 0) is 0 Å². The van der Waals surface area contributed by atoms with Crippen molar-refractivity contribution < 1.29 is 0 Å². The molecule has 100 valence electrons. The van der Waals surface area contributed by atoms with Gasteiger partial charge in [-0.1, -0.05) is 47.0 Å². The molecule has 0 aliphatic rings. The molecule has 1 heterocycles. The molecule has 1 aromatic carbocycles. The second-order valence-corrected chi connectivity index (χ2v) is 5.45. The fraction of sp³-hybridized carbons (Fsp3) is 0.267. The molecule has 0 aliphatic carbocycles. The first-order chi connectivity index (χ1) is 9.02. The Bertz CT molecular complexity index is 597. The van der Waals surface area contributed by atoms with Gasteiger partial charge in [0.25, 0.3) is 0 Å². The Morgan fingerprint density at radius 1 is 1.16 bits per heavy atom. The molecule has 0 fully saturated rings. The number of hydrogen-bond acceptors (Lipinski definition) is 2. The minimum Gasteiger partial charge on any atom is -0.308 e. The van der Waals surface area contributed by atoms with Crippen LogP contribution in [0.3, 0.4) is 0 Å². The molecule has 19 heavy (non-hydrogen) atoms. The van der Waals surface area contributed by atoms with Crippen molar-refractivity contribution in [3.63, 3.8) is 0 Å². The number of halogens is 2. The summed E-state index contributed by atoms with van der Waals surface area (Å²) in [7, 11) is 1.90. The van der Waals surface area contributed by atoms with E-state index >= 15 is 0 Å². The van der Waals surface area contributed by atoms with Crippen molar-refractivity contribution in [2.45, 2.75) is 19.9 Å². The second-order valence-electron chi connectivity index (χ2n) is 4.60. The number of benzene rings is 1. The fourth-order valence-corrected chi connectivity index (χ4v) is 2.64. The first-order valence-electron chi connectivity index (χ1n) is 6.08. The maximum atomic E-state index is 6.26. The number of nitrogens with zero attached hydrogens (tertiary/aromatic N) is 1. The van der Waals surface area contributed by atoms with Gasteiger partial charge in [0.05, 0.1) is 21.8 Å². The van der Waals surface area contributed by atoms with Gasteiger partial charge in [-0.3, -0.25) is 4.98 Å². The molecule has 0 spiro atoms. The molecule has 1 unspecified atom stereocenters. The minimum atomic E-state index is -0.0373. The van der Waals surface area contributed by atoms with Crippen LogP contribution < -0.4 is 5.32 Å². The van der Waals surface area contributed by atoms with Crippen LogP contribution in [0.25, 0.3) is 0 Å². The first kappa shape index (κ1) is 14.3. The van der Waals surface area contributed by atoms with E-state index in [1.165, 1.54) is 16.7 Å². The van der Waals surface area contributed by atoms with E-state index < -0.39 is 0 Å². The third-order valence-electron chi connectivity index (χ3n) is 3.14. The van der Waals surface area contributed by atoms with Gasteiger partial charge in [0.1, 0.15) is 0 Å². The number of nitrogens with one attached hydrogen (secondary N) is 1. The molecule has 0 saturated heterocycles. The molecular formula is C15H16Cl2N2. The maximum Gasteiger partial charge on any atom is 0.0805 e. The topological polar surface area (TPSA) is 24.9 Å². The zero-order chi connectivity index (χ0) is 14.0. The smallest absolute Gasteiger partial charge is 0.0805 e. The van der Waals surface area contributed by atoms with E-state index in [9.17, 15) is 0 Å². The van der Waals surface area contributed by atoms with E-state index in [1.54, 1.807) is 12.3 Å². The van der Waals surface area contributed by atoms with Crippen LogP contribution in [0.5, 0.6) is 0 Å². The minimum absolute atomic E-state index is 0.0373. The van der Waals surface area contributed by atoms with E-state index in [0.717, 1.165) is 5.69 Å². The maximum absolute atomic E-state index is 6.26. The Hall–Kier alpha value is -1.09. The SMILES string of the molecule is CNC(c1cc(C)ccc1C)c1ncc(Cl)cc1Cl. The molecule has 0 bridgehead atoms. The summed E-state index contributed by atoms with van der Waals surface area (Å²) in [5.74, 6) is 0. The van der Waals surface area contributed by atoms with Crippen molar-refractivity contribution in [3.05, 3.63) is 62.9 Å². The van der Waals surface area contributed by atoms with Crippen molar-refractivity contribution in [1.82, 2.24) is 10.3 Å². The standard InChI is InChI=1S/C15H16Cl2N2/c1-9-4-5-10(2)12(6-9)14(18-3)15-13(17)7-11(16)8-19-15/h4-8,14,18H,1-3H3. The van der Waals surface area contributed by atoms with Crippen LogP contribution in [0.4, 0.5) is 0 Å². The number of aryl methyl sites for hydroxylation is 2. The Morgan fingerprint density at radius 2 is 1.89 bits per heavy atom. The van der Waals surface area contributed by atoms with Crippen molar-refractivity contribution in [2.24, 2.45) is 0 Å². The summed E-state index contributed by atoms with van der Waals surface area (Å²) in [6.45, 7) is 4.16. The molecule has 1 atom stereocenters. The summed E-state index contributed by atoms with van der Waals surface area (Å²) in [4.78, 5) is 4.37. The lowest BCUT2D eigenvalue weighted by Crippen LogP contribution is -2.20. The predicted molar refractivity (Wildman–Crippen MR) is 81.1 cm³/mol. The average molecular weight is 295 g/mol. The molecule has 0 aliphatic heterocycles. The van der Waals surface area contributed by atoms with Crippen molar-refractivity contribution >= 4 is 23.2 Å². The van der Waals surface area contributed by atoms with Gasteiger partial charge < -0.3 is 5.32 Å². The normalized spacial score (nSPS) is 12.5. The van der Waals surface area contributed by atoms with Crippen LogP contribution in [0, 0.1) is 13.8 Å². The lowest BCUT2D eigenvalue weighted by atomic mass is 9.96. The van der Waals surface area contributed by atoms with Gasteiger partial charge in [-0.25, -0.2) is 0 Å². The Labute approximate surface area is 123 Å². The Kier molecular flexibility index (Phi) is 4.46. The van der Waals surface area contributed by atoms with E-state index in [1.807, 2.05) is 7.05 Å². The summed E-state index contributed by atoms with van der Waals surface area (Å²) in [5.41, 5.74) is 4.39. The molecule has 4 heteroatoms. The number of hydrogen-bond donors (Lipinski definition) is 1. The van der Waals surface area contributed by atoms with Crippen molar-refractivity contribution in [2.75, 3.05) is 7.05 Å². The highest BCUT2D eigenvalue weighted by Crippen LogP contribution is 2.30. The highest BCUT2D eigenvalue weighted by atomic mass is 35.5. The molecule has 2 nitrogen and oxygen atoms in total. The molecular weight excluding hydrogens is 279 g/mol. The van der Waals surface area contributed by atoms with Crippen LogP contribution in [0.1, 0.15) is 28.4 Å². The Balaban J connectivity index is 2.52. The zero-order valence-electron chi connectivity index (χ0n) is 11.2. The third kappa shape index (κ3) is 3.08. The molecule has 1 N–H and O–H groups in total. The monoisotopic (exact) mass is 294 g/mol. The average Bonchev–Trinajstić information content (AvgIpc) is 2.36.